The van der Waals surface area contributed by atoms with Gasteiger partial charge in [-0.25, -0.2) is 14.4 Å². The van der Waals surface area contributed by atoms with Gasteiger partial charge in [-0.3, -0.25) is 4.79 Å². The molecule has 0 N–H and O–H groups in total. The molecule has 0 atom stereocenters. The van der Waals surface area contributed by atoms with Crippen LogP contribution in [0.4, 0.5) is 5.69 Å². The average molecular weight is 411 g/mol. The van der Waals surface area contributed by atoms with Gasteiger partial charge in [0.1, 0.15) is 5.56 Å². The van der Waals surface area contributed by atoms with E-state index in [1.165, 1.54) is 0 Å². The van der Waals surface area contributed by atoms with Crippen molar-refractivity contribution < 1.29 is 9.53 Å². The van der Waals surface area contributed by atoms with E-state index >= 15 is 0 Å². The number of likely N-dealkylation sites (N-methyl/N-ethyl adjacent to an activating group) is 1. The van der Waals surface area contributed by atoms with Gasteiger partial charge in [0.15, 0.2) is 11.3 Å². The summed E-state index contributed by atoms with van der Waals surface area (Å²) in [5, 5.41) is 0.948. The molecule has 1 aliphatic heterocycles. The summed E-state index contributed by atoms with van der Waals surface area (Å²) >= 11 is 0. The largest absolute Gasteiger partial charge is 0.478 e. The Kier molecular flexibility index (Phi) is 5.76. The van der Waals surface area contributed by atoms with E-state index in [1.807, 2.05) is 42.2 Å². The molecular weight excluding hydrogens is 380 g/mol. The Balaban J connectivity index is 2.05. The van der Waals surface area contributed by atoms with Crippen molar-refractivity contribution in [3.05, 3.63) is 30.1 Å². The molecule has 3 aromatic rings. The van der Waals surface area contributed by atoms with Gasteiger partial charge in [-0.2, -0.15) is 0 Å². The van der Waals surface area contributed by atoms with Crippen LogP contribution in [0.2, 0.25) is 0 Å². The van der Waals surface area contributed by atoms with Crippen LogP contribution in [0.5, 0.6) is 5.88 Å². The van der Waals surface area contributed by atoms with Crippen LogP contribution >= 0.6 is 0 Å². The number of piperazine rings is 1. The van der Waals surface area contributed by atoms with Crippen LogP contribution in [0.3, 0.4) is 0 Å². The number of nitrogens with zero attached hydrogens (tertiary/aromatic N) is 6. The molecule has 160 valence electrons. The maximum atomic E-state index is 13.7. The fourth-order valence-corrected chi connectivity index (χ4v) is 4.19. The number of hydrogen-bond acceptors (Lipinski definition) is 6. The second kappa shape index (κ2) is 8.47. The van der Waals surface area contributed by atoms with Crippen LogP contribution in [0, 0.1) is 0 Å². The van der Waals surface area contributed by atoms with Crippen molar-refractivity contribution in [2.24, 2.45) is 0 Å². The number of hydrogen-bond donors (Lipinski definition) is 0. The van der Waals surface area contributed by atoms with E-state index in [1.54, 1.807) is 12.4 Å². The third kappa shape index (κ3) is 3.35. The Bertz CT molecular complexity index is 1050. The molecule has 1 aliphatic rings. The second-order valence-electron chi connectivity index (χ2n) is 7.55. The highest BCUT2D eigenvalue weighted by Crippen LogP contribution is 2.36. The lowest BCUT2D eigenvalue weighted by Gasteiger charge is -2.36. The first kappa shape index (κ1) is 20.4. The summed E-state index contributed by atoms with van der Waals surface area (Å²) in [5.74, 6) is 0.605. The number of anilines is 1. The molecule has 3 aromatic heterocycles. The minimum absolute atomic E-state index is 0.00155. The molecule has 1 amide bonds. The van der Waals surface area contributed by atoms with Crippen molar-refractivity contribution in [2.75, 3.05) is 57.8 Å². The standard InChI is InChI=1S/C22H30N6O2/c1-5-26(6-2)22(29)18-19(27-13-11-25(4)12-14-27)16-9-8-10-23-20(16)28-17(30-7-3)15-24-21(18)28/h8-10,15H,5-7,11-14H2,1-4H3. The summed E-state index contributed by atoms with van der Waals surface area (Å²) in [7, 11) is 2.13. The molecule has 0 saturated carbocycles. The Morgan fingerprint density at radius 2 is 1.83 bits per heavy atom. The summed E-state index contributed by atoms with van der Waals surface area (Å²) < 4.78 is 7.71. The molecule has 0 radical (unpaired) electrons. The number of fused-ring (bicyclic) bond motifs is 3. The smallest absolute Gasteiger partial charge is 0.259 e. The van der Waals surface area contributed by atoms with Crippen LogP contribution in [-0.4, -0.2) is 83.0 Å². The molecule has 1 saturated heterocycles. The lowest BCUT2D eigenvalue weighted by molar-refractivity contribution is 0.0775. The highest BCUT2D eigenvalue weighted by Gasteiger charge is 2.30. The van der Waals surface area contributed by atoms with Gasteiger partial charge in [0.2, 0.25) is 5.88 Å². The number of imidazole rings is 1. The van der Waals surface area contributed by atoms with Crippen molar-refractivity contribution >= 4 is 28.3 Å². The molecule has 0 spiro atoms. The zero-order valence-corrected chi connectivity index (χ0v) is 18.3. The van der Waals surface area contributed by atoms with Gasteiger partial charge in [-0.15, -0.1) is 0 Å². The topological polar surface area (TPSA) is 66.2 Å². The number of carbonyl (C=O) groups excluding carboxylic acids is 1. The molecule has 4 heterocycles. The average Bonchev–Trinajstić information content (AvgIpc) is 3.18. The quantitative estimate of drug-likeness (QED) is 0.622. The Labute approximate surface area is 177 Å². The summed E-state index contributed by atoms with van der Waals surface area (Å²) in [5.41, 5.74) is 2.94. The summed E-state index contributed by atoms with van der Waals surface area (Å²) in [4.78, 5) is 29.5. The monoisotopic (exact) mass is 410 g/mol. The molecule has 1 fully saturated rings. The highest BCUT2D eigenvalue weighted by atomic mass is 16.5. The van der Waals surface area contributed by atoms with E-state index in [2.05, 4.69) is 26.8 Å². The number of amides is 1. The summed E-state index contributed by atoms with van der Waals surface area (Å²) in [6.07, 6.45) is 3.47. The number of pyridine rings is 2. The van der Waals surface area contributed by atoms with Gasteiger partial charge in [0.25, 0.3) is 5.91 Å². The predicted molar refractivity (Wildman–Crippen MR) is 119 cm³/mol. The third-order valence-electron chi connectivity index (χ3n) is 5.82. The van der Waals surface area contributed by atoms with Crippen molar-refractivity contribution in [3.8, 4) is 5.88 Å². The summed E-state index contributed by atoms with van der Waals surface area (Å²) in [6.45, 7) is 11.4. The predicted octanol–water partition coefficient (Wildman–Crippen LogP) is 2.52. The van der Waals surface area contributed by atoms with Gasteiger partial charge < -0.3 is 19.4 Å². The highest BCUT2D eigenvalue weighted by molar-refractivity contribution is 6.12. The molecule has 0 bridgehead atoms. The van der Waals surface area contributed by atoms with E-state index in [0.29, 0.717) is 36.8 Å². The minimum Gasteiger partial charge on any atom is -0.478 e. The first-order valence-corrected chi connectivity index (χ1v) is 10.7. The van der Waals surface area contributed by atoms with Gasteiger partial charge in [-0.05, 0) is 40.0 Å². The van der Waals surface area contributed by atoms with Crippen molar-refractivity contribution in [1.29, 1.82) is 0 Å². The minimum atomic E-state index is -0.00155. The molecule has 0 aliphatic carbocycles. The maximum absolute atomic E-state index is 13.7. The first-order valence-electron chi connectivity index (χ1n) is 10.7. The van der Waals surface area contributed by atoms with Gasteiger partial charge in [0, 0.05) is 50.9 Å². The van der Waals surface area contributed by atoms with Crippen LogP contribution in [0.25, 0.3) is 16.7 Å². The number of rotatable bonds is 6. The van der Waals surface area contributed by atoms with Crippen molar-refractivity contribution in [3.63, 3.8) is 0 Å². The van der Waals surface area contributed by atoms with E-state index in [4.69, 9.17) is 4.74 Å². The van der Waals surface area contributed by atoms with Crippen molar-refractivity contribution in [2.45, 2.75) is 20.8 Å². The zero-order valence-electron chi connectivity index (χ0n) is 18.3. The fraction of sp³-hybridized carbons (Fsp3) is 0.500. The number of aromatic nitrogens is 3. The number of ether oxygens (including phenoxy) is 1. The molecule has 0 unspecified atom stereocenters. The van der Waals surface area contributed by atoms with E-state index in [0.717, 1.165) is 42.9 Å². The van der Waals surface area contributed by atoms with Crippen LogP contribution in [0.15, 0.2) is 24.5 Å². The Morgan fingerprint density at radius 1 is 1.10 bits per heavy atom. The molecule has 8 heteroatoms. The lowest BCUT2D eigenvalue weighted by atomic mass is 10.1. The van der Waals surface area contributed by atoms with E-state index in [9.17, 15) is 4.79 Å². The van der Waals surface area contributed by atoms with Crippen molar-refractivity contribution in [1.82, 2.24) is 24.2 Å². The van der Waals surface area contributed by atoms with E-state index < -0.39 is 0 Å². The zero-order chi connectivity index (χ0) is 21.3. The second-order valence-corrected chi connectivity index (χ2v) is 7.55. The fourth-order valence-electron chi connectivity index (χ4n) is 4.19. The first-order chi connectivity index (χ1) is 14.6. The van der Waals surface area contributed by atoms with Crippen LogP contribution < -0.4 is 9.64 Å². The molecule has 8 nitrogen and oxygen atoms in total. The van der Waals surface area contributed by atoms with Gasteiger partial charge in [-0.1, -0.05) is 0 Å². The van der Waals surface area contributed by atoms with Crippen LogP contribution in [-0.2, 0) is 0 Å². The Hall–Kier alpha value is -2.87. The molecule has 30 heavy (non-hydrogen) atoms. The Morgan fingerprint density at radius 3 is 2.50 bits per heavy atom. The van der Waals surface area contributed by atoms with E-state index in [-0.39, 0.29) is 5.91 Å². The molecule has 0 aromatic carbocycles. The third-order valence-corrected chi connectivity index (χ3v) is 5.82. The van der Waals surface area contributed by atoms with Gasteiger partial charge >= 0.3 is 0 Å². The maximum Gasteiger partial charge on any atom is 0.259 e. The molecular formula is C22H30N6O2. The number of carbonyl (C=O) groups is 1. The molecule has 4 rings (SSSR count). The van der Waals surface area contributed by atoms with Crippen LogP contribution in [0.1, 0.15) is 31.1 Å². The normalized spacial score (nSPS) is 15.1. The van der Waals surface area contributed by atoms with Gasteiger partial charge in [0.05, 0.1) is 18.5 Å². The summed E-state index contributed by atoms with van der Waals surface area (Å²) in [6, 6.07) is 3.97. The SMILES string of the molecule is CCOc1cnc2c(C(=O)N(CC)CC)c(N3CCN(C)CC3)c3cccnc3n12. The lowest BCUT2D eigenvalue weighted by Crippen LogP contribution is -2.45.